The minimum Gasteiger partial charge on any atom is -0.490 e. The van der Waals surface area contributed by atoms with Crippen LogP contribution in [0, 0.1) is 5.82 Å². The summed E-state index contributed by atoms with van der Waals surface area (Å²) >= 11 is 0. The molecule has 0 bridgehead atoms. The Hall–Kier alpha value is -2.71. The summed E-state index contributed by atoms with van der Waals surface area (Å²) in [6.07, 6.45) is 7.50. The molecule has 3 heterocycles. The van der Waals surface area contributed by atoms with E-state index in [1.54, 1.807) is 6.92 Å². The molecule has 0 spiro atoms. The highest BCUT2D eigenvalue weighted by Crippen LogP contribution is 2.37. The fourth-order valence-electron chi connectivity index (χ4n) is 5.85. The highest BCUT2D eigenvalue weighted by atomic mass is 19.1. The number of carbonyl (C=O) groups is 1. The molecule has 7 nitrogen and oxygen atoms in total. The van der Waals surface area contributed by atoms with Crippen LogP contribution in [0.1, 0.15) is 87.2 Å². The quantitative estimate of drug-likeness (QED) is 0.318. The van der Waals surface area contributed by atoms with Crippen LogP contribution in [0.3, 0.4) is 0 Å². The third-order valence-electron chi connectivity index (χ3n) is 8.16. The maximum atomic E-state index is 15.0. The number of hydrogen-bond donors (Lipinski definition) is 2. The molecule has 2 aromatic rings. The molecule has 1 unspecified atom stereocenters. The van der Waals surface area contributed by atoms with E-state index in [0.29, 0.717) is 18.7 Å². The lowest BCUT2D eigenvalue weighted by molar-refractivity contribution is -0.143. The SMILES string of the molecule is CCOc1c(F)cc(C(C)C)cc1C(C(=O)O)N1CC[C@@H](N(C)CCCCCc2ccc3c(n2)NCCC3)C1. The summed E-state index contributed by atoms with van der Waals surface area (Å²) in [7, 11) is 2.13. The summed E-state index contributed by atoms with van der Waals surface area (Å²) in [4.78, 5) is 21.6. The lowest BCUT2D eigenvalue weighted by atomic mass is 9.95. The van der Waals surface area contributed by atoms with Crippen molar-refractivity contribution in [2.24, 2.45) is 0 Å². The number of benzene rings is 1. The van der Waals surface area contributed by atoms with Gasteiger partial charge in [-0.3, -0.25) is 9.69 Å². The van der Waals surface area contributed by atoms with Gasteiger partial charge in [-0.05, 0) is 94.3 Å². The smallest absolute Gasteiger partial charge is 0.325 e. The summed E-state index contributed by atoms with van der Waals surface area (Å²) in [5.41, 5.74) is 3.69. The number of unbranched alkanes of at least 4 members (excludes halogenated alkanes) is 2. The van der Waals surface area contributed by atoms with Crippen molar-refractivity contribution in [3.8, 4) is 5.75 Å². The standard InChI is InChI=1S/C31H45FN4O3/c1-5-39-29-26(18-23(21(2)3)19-27(29)32)28(31(37)38)36-17-14-25(20-36)35(4)16-8-6-7-11-24-13-12-22-10-9-15-33-30(22)34-24/h12-13,18-19,21,25,28H,5-11,14-17,20H2,1-4H3,(H,33,34)(H,37,38)/t25-,28?/m1/s1. The van der Waals surface area contributed by atoms with Gasteiger partial charge in [0, 0.05) is 36.9 Å². The number of aryl methyl sites for hydroxylation is 2. The van der Waals surface area contributed by atoms with Crippen LogP contribution in [-0.4, -0.2) is 71.7 Å². The number of nitrogens with one attached hydrogen (secondary N) is 1. The number of ether oxygens (including phenoxy) is 1. The van der Waals surface area contributed by atoms with Gasteiger partial charge in [-0.2, -0.15) is 0 Å². The van der Waals surface area contributed by atoms with Crippen molar-refractivity contribution in [1.82, 2.24) is 14.8 Å². The van der Waals surface area contributed by atoms with Crippen LogP contribution in [0.15, 0.2) is 24.3 Å². The Bertz CT molecular complexity index is 1130. The molecule has 2 aliphatic heterocycles. The second-order valence-electron chi connectivity index (χ2n) is 11.3. The number of anilines is 1. The van der Waals surface area contributed by atoms with Crippen LogP contribution in [-0.2, 0) is 17.6 Å². The molecule has 0 saturated carbocycles. The first-order valence-electron chi connectivity index (χ1n) is 14.6. The van der Waals surface area contributed by atoms with E-state index in [9.17, 15) is 9.90 Å². The summed E-state index contributed by atoms with van der Waals surface area (Å²) in [5.74, 6) is -0.239. The number of fused-ring (bicyclic) bond motifs is 1. The van der Waals surface area contributed by atoms with E-state index in [-0.39, 0.29) is 24.3 Å². The number of aliphatic carboxylic acids is 1. The Kier molecular flexibility index (Phi) is 10.2. The van der Waals surface area contributed by atoms with Gasteiger partial charge < -0.3 is 20.1 Å². The Balaban J connectivity index is 1.31. The van der Waals surface area contributed by atoms with Crippen LogP contribution in [0.4, 0.5) is 10.2 Å². The maximum absolute atomic E-state index is 15.0. The second-order valence-corrected chi connectivity index (χ2v) is 11.3. The van der Waals surface area contributed by atoms with E-state index in [2.05, 4.69) is 29.4 Å². The minimum absolute atomic E-state index is 0.0651. The number of pyridine rings is 1. The third-order valence-corrected chi connectivity index (χ3v) is 8.16. The van der Waals surface area contributed by atoms with Crippen LogP contribution >= 0.6 is 0 Å². The molecule has 0 radical (unpaired) electrons. The third kappa shape index (κ3) is 7.28. The predicted octanol–water partition coefficient (Wildman–Crippen LogP) is 5.65. The van der Waals surface area contributed by atoms with Gasteiger partial charge in [-0.25, -0.2) is 9.37 Å². The number of likely N-dealkylation sites (tertiary alicyclic amines) is 1. The lowest BCUT2D eigenvalue weighted by Gasteiger charge is -2.29. The van der Waals surface area contributed by atoms with Gasteiger partial charge in [-0.15, -0.1) is 0 Å². The number of halogens is 1. The Labute approximate surface area is 232 Å². The van der Waals surface area contributed by atoms with Crippen molar-refractivity contribution in [3.63, 3.8) is 0 Å². The first-order valence-corrected chi connectivity index (χ1v) is 14.6. The molecule has 39 heavy (non-hydrogen) atoms. The summed E-state index contributed by atoms with van der Waals surface area (Å²) in [6, 6.07) is 7.02. The average Bonchev–Trinajstić information content (AvgIpc) is 3.39. The van der Waals surface area contributed by atoms with Crippen LogP contribution in [0.5, 0.6) is 5.75 Å². The number of nitrogens with zero attached hydrogens (tertiary/aromatic N) is 3. The van der Waals surface area contributed by atoms with Gasteiger partial charge in [0.05, 0.1) is 6.61 Å². The van der Waals surface area contributed by atoms with Crippen molar-refractivity contribution in [2.45, 2.75) is 83.7 Å². The first kappa shape index (κ1) is 29.3. The highest BCUT2D eigenvalue weighted by Gasteiger charge is 2.37. The van der Waals surface area contributed by atoms with E-state index in [4.69, 9.17) is 9.72 Å². The number of rotatable bonds is 13. The van der Waals surface area contributed by atoms with Crippen molar-refractivity contribution in [1.29, 1.82) is 0 Å². The predicted molar refractivity (Wildman–Crippen MR) is 153 cm³/mol. The molecule has 1 aromatic heterocycles. The van der Waals surface area contributed by atoms with Gasteiger partial charge >= 0.3 is 5.97 Å². The molecule has 0 aliphatic carbocycles. The zero-order valence-electron chi connectivity index (χ0n) is 24.0. The molecule has 8 heteroatoms. The molecule has 1 saturated heterocycles. The summed E-state index contributed by atoms with van der Waals surface area (Å²) < 4.78 is 20.6. The molecule has 214 valence electrons. The van der Waals surface area contributed by atoms with Gasteiger partial charge in [0.2, 0.25) is 0 Å². The van der Waals surface area contributed by atoms with Gasteiger partial charge in [0.15, 0.2) is 11.6 Å². The first-order chi connectivity index (χ1) is 18.8. The van der Waals surface area contributed by atoms with Gasteiger partial charge in [0.25, 0.3) is 0 Å². The zero-order valence-corrected chi connectivity index (χ0v) is 24.0. The van der Waals surface area contributed by atoms with Gasteiger partial charge in [-0.1, -0.05) is 26.3 Å². The van der Waals surface area contributed by atoms with Crippen LogP contribution < -0.4 is 10.1 Å². The summed E-state index contributed by atoms with van der Waals surface area (Å²) in [6.45, 7) is 9.31. The van der Waals surface area contributed by atoms with E-state index in [1.807, 2.05) is 24.8 Å². The normalized spacial score (nSPS) is 18.3. The molecule has 1 fully saturated rings. The molecule has 4 rings (SSSR count). The number of carboxylic acids is 1. The van der Waals surface area contributed by atoms with E-state index >= 15 is 4.39 Å². The zero-order chi connectivity index (χ0) is 27.9. The molecule has 2 aliphatic rings. The molecule has 1 aromatic carbocycles. The Morgan fingerprint density at radius 3 is 2.85 bits per heavy atom. The maximum Gasteiger partial charge on any atom is 0.325 e. The number of likely N-dealkylation sites (N-methyl/N-ethyl adjacent to an activating group) is 1. The average molecular weight is 541 g/mol. The number of carboxylic acid groups (broad SMARTS) is 1. The van der Waals surface area contributed by atoms with E-state index in [1.165, 1.54) is 18.1 Å². The molecule has 2 atom stereocenters. The lowest BCUT2D eigenvalue weighted by Crippen LogP contribution is -2.38. The van der Waals surface area contributed by atoms with Crippen molar-refractivity contribution < 1.29 is 19.0 Å². The second kappa shape index (κ2) is 13.6. The van der Waals surface area contributed by atoms with E-state index in [0.717, 1.165) is 68.7 Å². The van der Waals surface area contributed by atoms with Gasteiger partial charge in [0.1, 0.15) is 11.9 Å². The number of hydrogen-bond acceptors (Lipinski definition) is 6. The molecule has 0 amide bonds. The van der Waals surface area contributed by atoms with Crippen LogP contribution in [0.2, 0.25) is 0 Å². The Morgan fingerprint density at radius 2 is 2.10 bits per heavy atom. The fraction of sp³-hybridized carbons (Fsp3) is 0.613. The summed E-state index contributed by atoms with van der Waals surface area (Å²) in [5, 5.41) is 13.7. The Morgan fingerprint density at radius 1 is 1.28 bits per heavy atom. The van der Waals surface area contributed by atoms with Crippen molar-refractivity contribution in [3.05, 3.63) is 52.5 Å². The van der Waals surface area contributed by atoms with E-state index < -0.39 is 17.8 Å². The van der Waals surface area contributed by atoms with Crippen molar-refractivity contribution >= 4 is 11.8 Å². The number of aromatic nitrogens is 1. The molecular formula is C31H45FN4O3. The molecular weight excluding hydrogens is 495 g/mol. The topological polar surface area (TPSA) is 77.9 Å². The van der Waals surface area contributed by atoms with Crippen LogP contribution in [0.25, 0.3) is 0 Å². The fourth-order valence-corrected chi connectivity index (χ4v) is 5.85. The largest absolute Gasteiger partial charge is 0.490 e. The van der Waals surface area contributed by atoms with Crippen molar-refractivity contribution in [2.75, 3.05) is 45.2 Å². The monoisotopic (exact) mass is 540 g/mol. The minimum atomic E-state index is -0.967. The molecule has 2 N–H and O–H groups in total. The highest BCUT2D eigenvalue weighted by molar-refractivity contribution is 5.77.